The average molecular weight is 528 g/mol. The summed E-state index contributed by atoms with van der Waals surface area (Å²) in [7, 11) is 4.15. The van der Waals surface area contributed by atoms with Gasteiger partial charge in [-0.05, 0) is 45.8 Å². The lowest BCUT2D eigenvalue weighted by Gasteiger charge is -2.35. The van der Waals surface area contributed by atoms with E-state index in [1.807, 2.05) is 17.3 Å². The number of nitrogens with zero attached hydrogens (tertiary/aromatic N) is 4. The first-order chi connectivity index (χ1) is 18.9. The van der Waals surface area contributed by atoms with E-state index in [-0.39, 0.29) is 17.9 Å². The molecule has 2 aromatic heterocycles. The third-order valence-electron chi connectivity index (χ3n) is 7.93. The van der Waals surface area contributed by atoms with Gasteiger partial charge in [-0.3, -0.25) is 4.79 Å². The highest BCUT2D eigenvalue weighted by Crippen LogP contribution is 2.31. The minimum Gasteiger partial charge on any atom is -0.378 e. The molecule has 39 heavy (non-hydrogen) atoms. The van der Waals surface area contributed by atoms with Crippen LogP contribution in [-0.4, -0.2) is 85.2 Å². The molecule has 0 saturated carbocycles. The van der Waals surface area contributed by atoms with Crippen molar-refractivity contribution in [3.8, 4) is 11.8 Å². The van der Waals surface area contributed by atoms with E-state index in [2.05, 4.69) is 83.8 Å². The topological polar surface area (TPSA) is 64.7 Å². The third kappa shape index (κ3) is 6.29. The molecule has 3 aliphatic rings. The van der Waals surface area contributed by atoms with Gasteiger partial charge in [-0.2, -0.15) is 0 Å². The van der Waals surface area contributed by atoms with Crippen LogP contribution in [0.2, 0.25) is 0 Å². The summed E-state index contributed by atoms with van der Waals surface area (Å²) in [6.45, 7) is 8.79. The van der Waals surface area contributed by atoms with Crippen molar-refractivity contribution in [1.29, 1.82) is 0 Å². The molecule has 0 radical (unpaired) electrons. The van der Waals surface area contributed by atoms with Crippen molar-refractivity contribution in [2.75, 3.05) is 58.4 Å². The molecule has 1 unspecified atom stereocenters. The number of ether oxygens (including phenoxy) is 1. The summed E-state index contributed by atoms with van der Waals surface area (Å²) >= 11 is 0. The number of pyridine rings is 1. The number of hydrogen-bond donors (Lipinski definition) is 1. The van der Waals surface area contributed by atoms with Gasteiger partial charge in [0.2, 0.25) is 5.91 Å². The van der Waals surface area contributed by atoms with E-state index in [1.54, 1.807) is 6.08 Å². The maximum Gasteiger partial charge on any atom is 0.248 e. The number of hydrogen-bond acceptors (Lipinski definition) is 5. The van der Waals surface area contributed by atoms with E-state index >= 15 is 0 Å². The lowest BCUT2D eigenvalue weighted by atomic mass is 9.95. The van der Waals surface area contributed by atoms with Crippen LogP contribution in [0.5, 0.6) is 0 Å². The second-order valence-electron chi connectivity index (χ2n) is 11.3. The SMILES string of the molecule is CCCC1C=C[C@H]([C@@H](CN(C)C)N2CC#CC(c3c[nH]c4ncc(N5CCOCC5)cc34)=CC2=O)C=C(C)C1. The van der Waals surface area contributed by atoms with Crippen molar-refractivity contribution in [2.24, 2.45) is 11.8 Å². The average Bonchev–Trinajstić information content (AvgIpc) is 3.13. The first-order valence-corrected chi connectivity index (χ1v) is 14.2. The number of carbonyl (C=O) groups excluding carboxylic acids is 1. The van der Waals surface area contributed by atoms with Crippen LogP contribution >= 0.6 is 0 Å². The normalized spacial score (nSPS) is 22.7. The minimum atomic E-state index is -0.00481. The first kappa shape index (κ1) is 27.2. The number of H-pyrrole nitrogens is 1. The number of morpholine rings is 1. The number of anilines is 1. The summed E-state index contributed by atoms with van der Waals surface area (Å²) in [5.74, 6) is 7.35. The zero-order chi connectivity index (χ0) is 27.4. The van der Waals surface area contributed by atoms with Crippen LogP contribution < -0.4 is 4.90 Å². The van der Waals surface area contributed by atoms with Crippen LogP contribution in [0.1, 0.15) is 38.7 Å². The van der Waals surface area contributed by atoms with E-state index in [0.717, 1.165) is 67.1 Å². The Labute approximate surface area is 232 Å². The van der Waals surface area contributed by atoms with Gasteiger partial charge in [0.25, 0.3) is 0 Å². The Hall–Kier alpha value is -3.34. The summed E-state index contributed by atoms with van der Waals surface area (Å²) in [5.41, 5.74) is 4.93. The highest BCUT2D eigenvalue weighted by atomic mass is 16.5. The van der Waals surface area contributed by atoms with Crippen molar-refractivity contribution in [1.82, 2.24) is 19.8 Å². The van der Waals surface area contributed by atoms with Crippen LogP contribution in [0, 0.1) is 23.7 Å². The van der Waals surface area contributed by atoms with E-state index in [0.29, 0.717) is 12.5 Å². The van der Waals surface area contributed by atoms with Gasteiger partial charge in [0.15, 0.2) is 0 Å². The van der Waals surface area contributed by atoms with Gasteiger partial charge in [-0.25, -0.2) is 4.98 Å². The Kier molecular flexibility index (Phi) is 8.54. The van der Waals surface area contributed by atoms with Crippen molar-refractivity contribution in [3.05, 3.63) is 53.9 Å². The predicted molar refractivity (Wildman–Crippen MR) is 158 cm³/mol. The molecule has 7 nitrogen and oxygen atoms in total. The number of carbonyl (C=O) groups is 1. The molecule has 0 aromatic carbocycles. The van der Waals surface area contributed by atoms with E-state index in [1.165, 1.54) is 18.4 Å². The number of allylic oxidation sites excluding steroid dienone is 3. The van der Waals surface area contributed by atoms with Crippen molar-refractivity contribution in [3.63, 3.8) is 0 Å². The van der Waals surface area contributed by atoms with Gasteiger partial charge in [0, 0.05) is 54.3 Å². The Morgan fingerprint density at radius 1 is 1.26 bits per heavy atom. The maximum atomic E-state index is 13.8. The quantitative estimate of drug-likeness (QED) is 0.405. The predicted octanol–water partition coefficient (Wildman–Crippen LogP) is 4.50. The maximum absolute atomic E-state index is 13.8. The molecule has 1 amide bonds. The van der Waals surface area contributed by atoms with Gasteiger partial charge < -0.3 is 24.4 Å². The fourth-order valence-corrected chi connectivity index (χ4v) is 6.01. The molecule has 4 heterocycles. The number of aromatic nitrogens is 2. The fraction of sp³-hybridized carbons (Fsp3) is 0.500. The molecule has 2 aromatic rings. The van der Waals surface area contributed by atoms with Crippen LogP contribution in [0.3, 0.4) is 0 Å². The fourth-order valence-electron chi connectivity index (χ4n) is 6.01. The molecule has 1 N–H and O–H groups in total. The molecule has 1 fully saturated rings. The van der Waals surface area contributed by atoms with Gasteiger partial charge in [-0.1, -0.05) is 49.0 Å². The van der Waals surface area contributed by atoms with E-state index in [4.69, 9.17) is 4.74 Å². The highest BCUT2D eigenvalue weighted by molar-refractivity contribution is 6.05. The Morgan fingerprint density at radius 2 is 2.08 bits per heavy atom. The zero-order valence-corrected chi connectivity index (χ0v) is 23.7. The lowest BCUT2D eigenvalue weighted by molar-refractivity contribution is -0.128. The Balaban J connectivity index is 1.44. The summed E-state index contributed by atoms with van der Waals surface area (Å²) in [4.78, 5) is 28.2. The van der Waals surface area contributed by atoms with Crippen LogP contribution in [0.15, 0.2) is 48.3 Å². The lowest BCUT2D eigenvalue weighted by Crippen LogP contribution is -2.48. The number of aromatic amines is 1. The minimum absolute atomic E-state index is 0.00142. The van der Waals surface area contributed by atoms with Crippen LogP contribution in [-0.2, 0) is 9.53 Å². The molecule has 7 heteroatoms. The molecule has 3 atom stereocenters. The Morgan fingerprint density at radius 3 is 2.85 bits per heavy atom. The van der Waals surface area contributed by atoms with Crippen molar-refractivity contribution < 1.29 is 9.53 Å². The molecule has 206 valence electrons. The third-order valence-corrected chi connectivity index (χ3v) is 7.93. The zero-order valence-electron chi connectivity index (χ0n) is 23.7. The molecule has 2 aliphatic heterocycles. The molecule has 1 saturated heterocycles. The highest BCUT2D eigenvalue weighted by Gasteiger charge is 2.30. The molecule has 5 rings (SSSR count). The summed E-state index contributed by atoms with van der Waals surface area (Å²) in [5, 5.41) is 0.984. The van der Waals surface area contributed by atoms with E-state index < -0.39 is 0 Å². The van der Waals surface area contributed by atoms with Gasteiger partial charge in [0.1, 0.15) is 5.65 Å². The smallest absolute Gasteiger partial charge is 0.248 e. The second kappa shape index (κ2) is 12.2. The molecule has 0 spiro atoms. The second-order valence-corrected chi connectivity index (χ2v) is 11.3. The van der Waals surface area contributed by atoms with E-state index in [9.17, 15) is 4.79 Å². The number of amides is 1. The van der Waals surface area contributed by atoms with Crippen molar-refractivity contribution >= 4 is 28.2 Å². The number of likely N-dealkylation sites (N-methyl/N-ethyl adjacent to an activating group) is 1. The summed E-state index contributed by atoms with van der Waals surface area (Å²) in [6, 6.07) is 2.15. The molecular formula is C32H41N5O2. The molecule has 1 aliphatic carbocycles. The van der Waals surface area contributed by atoms with Crippen molar-refractivity contribution in [2.45, 2.75) is 39.2 Å². The van der Waals surface area contributed by atoms with Gasteiger partial charge in [0.05, 0.1) is 37.7 Å². The first-order valence-electron chi connectivity index (χ1n) is 14.2. The van der Waals surface area contributed by atoms with Gasteiger partial charge in [-0.15, -0.1) is 0 Å². The molecular weight excluding hydrogens is 486 g/mol. The van der Waals surface area contributed by atoms with Crippen LogP contribution in [0.25, 0.3) is 16.6 Å². The summed E-state index contributed by atoms with van der Waals surface area (Å²) in [6.07, 6.45) is 16.1. The number of rotatable bonds is 8. The number of fused-ring (bicyclic) bond motifs is 1. The molecule has 0 bridgehead atoms. The largest absolute Gasteiger partial charge is 0.378 e. The monoisotopic (exact) mass is 527 g/mol. The summed E-state index contributed by atoms with van der Waals surface area (Å²) < 4.78 is 5.52. The van der Waals surface area contributed by atoms with Gasteiger partial charge >= 0.3 is 0 Å². The van der Waals surface area contributed by atoms with Crippen LogP contribution in [0.4, 0.5) is 5.69 Å². The Bertz CT molecular complexity index is 1340. The number of nitrogens with one attached hydrogen (secondary N) is 1. The standard InChI is InChI=1S/C32H41N5O2/c1-5-7-24-9-10-26(17-23(2)16-24)30(22-35(3)4)37-11-6-8-25(18-31(37)38)29-21-34-32-28(29)19-27(20-33-32)36-12-14-39-15-13-36/h9-10,17-21,24,26,30H,5,7,11-16,22H2,1-4H3,(H,33,34)/t24?,26-,30+/m0/s1.